The summed E-state index contributed by atoms with van der Waals surface area (Å²) in [7, 11) is 3.11. The zero-order valence-electron chi connectivity index (χ0n) is 9.75. The Balaban J connectivity index is 3.01. The normalized spacial score (nSPS) is 11.9. The van der Waals surface area contributed by atoms with Crippen LogP contribution in [0.3, 0.4) is 0 Å². The standard InChI is InChI=1S/C12H14N2O3/c1-14(8-12(15)16)10(7-13)9-5-3-4-6-11(9)17-2/h3-6,10H,8H2,1-2H3,(H,15,16). The highest BCUT2D eigenvalue weighted by Crippen LogP contribution is 2.27. The van der Waals surface area contributed by atoms with Crippen molar-refractivity contribution in [1.82, 2.24) is 4.90 Å². The number of rotatable bonds is 5. The Kier molecular flexibility index (Phi) is 4.49. The molecule has 90 valence electrons. The molecule has 0 aliphatic heterocycles. The molecular weight excluding hydrogens is 220 g/mol. The van der Waals surface area contributed by atoms with Crippen LogP contribution < -0.4 is 4.74 Å². The van der Waals surface area contributed by atoms with Crippen molar-refractivity contribution in [3.63, 3.8) is 0 Å². The number of para-hydroxylation sites is 1. The maximum Gasteiger partial charge on any atom is 0.317 e. The zero-order valence-corrected chi connectivity index (χ0v) is 9.75. The lowest BCUT2D eigenvalue weighted by Gasteiger charge is -2.22. The van der Waals surface area contributed by atoms with E-state index in [1.807, 2.05) is 0 Å². The van der Waals surface area contributed by atoms with Gasteiger partial charge in [-0.25, -0.2) is 0 Å². The highest BCUT2D eigenvalue weighted by molar-refractivity contribution is 5.69. The first kappa shape index (κ1) is 13.0. The van der Waals surface area contributed by atoms with Gasteiger partial charge in [0.1, 0.15) is 11.8 Å². The maximum absolute atomic E-state index is 10.6. The Labute approximate surface area is 99.8 Å². The molecule has 1 atom stereocenters. The van der Waals surface area contributed by atoms with Gasteiger partial charge >= 0.3 is 5.97 Å². The molecule has 0 bridgehead atoms. The lowest BCUT2D eigenvalue weighted by atomic mass is 10.1. The monoisotopic (exact) mass is 234 g/mol. The molecule has 0 aromatic heterocycles. The highest BCUT2D eigenvalue weighted by Gasteiger charge is 2.21. The minimum atomic E-state index is -0.970. The summed E-state index contributed by atoms with van der Waals surface area (Å²) in [6.45, 7) is -0.198. The van der Waals surface area contributed by atoms with Gasteiger partial charge in [0.2, 0.25) is 0 Å². The van der Waals surface area contributed by atoms with Gasteiger partial charge in [0.25, 0.3) is 0 Å². The van der Waals surface area contributed by atoms with E-state index in [2.05, 4.69) is 6.07 Å². The lowest BCUT2D eigenvalue weighted by molar-refractivity contribution is -0.138. The number of carbonyl (C=O) groups is 1. The Morgan fingerprint density at radius 1 is 1.59 bits per heavy atom. The first-order valence-electron chi connectivity index (χ1n) is 5.04. The van der Waals surface area contributed by atoms with Crippen molar-refractivity contribution < 1.29 is 14.6 Å². The molecule has 1 N–H and O–H groups in total. The molecule has 0 heterocycles. The number of benzene rings is 1. The van der Waals surface area contributed by atoms with Gasteiger partial charge < -0.3 is 9.84 Å². The lowest BCUT2D eigenvalue weighted by Crippen LogP contribution is -2.29. The molecule has 1 rings (SSSR count). The summed E-state index contributed by atoms with van der Waals surface area (Å²) < 4.78 is 5.16. The van der Waals surface area contributed by atoms with Gasteiger partial charge in [0.15, 0.2) is 0 Å². The largest absolute Gasteiger partial charge is 0.496 e. The van der Waals surface area contributed by atoms with E-state index in [-0.39, 0.29) is 6.54 Å². The average Bonchev–Trinajstić information content (AvgIpc) is 2.29. The van der Waals surface area contributed by atoms with E-state index in [0.717, 1.165) is 0 Å². The van der Waals surface area contributed by atoms with E-state index in [9.17, 15) is 4.79 Å². The predicted octanol–water partition coefficient (Wildman–Crippen LogP) is 1.28. The van der Waals surface area contributed by atoms with Gasteiger partial charge in [0, 0.05) is 5.56 Å². The molecular formula is C12H14N2O3. The number of nitriles is 1. The maximum atomic E-state index is 10.6. The summed E-state index contributed by atoms with van der Waals surface area (Å²) >= 11 is 0. The predicted molar refractivity (Wildman–Crippen MR) is 61.6 cm³/mol. The fourth-order valence-corrected chi connectivity index (χ4v) is 1.60. The fourth-order valence-electron chi connectivity index (χ4n) is 1.60. The molecule has 0 saturated carbocycles. The molecule has 0 aliphatic rings. The number of ether oxygens (including phenoxy) is 1. The number of likely N-dealkylation sites (N-methyl/N-ethyl adjacent to an activating group) is 1. The van der Waals surface area contributed by atoms with Crippen molar-refractivity contribution in [2.75, 3.05) is 20.7 Å². The SMILES string of the molecule is COc1ccccc1C(C#N)N(C)CC(=O)O. The third kappa shape index (κ3) is 3.20. The van der Waals surface area contributed by atoms with Crippen molar-refractivity contribution in [3.8, 4) is 11.8 Å². The molecule has 0 aliphatic carbocycles. The fraction of sp³-hybridized carbons (Fsp3) is 0.333. The molecule has 0 amide bonds. The van der Waals surface area contributed by atoms with E-state index >= 15 is 0 Å². The Hall–Kier alpha value is -2.06. The zero-order chi connectivity index (χ0) is 12.8. The number of hydrogen-bond donors (Lipinski definition) is 1. The van der Waals surface area contributed by atoms with Crippen LogP contribution in [0.4, 0.5) is 0 Å². The minimum absolute atomic E-state index is 0.198. The van der Waals surface area contributed by atoms with Crippen molar-refractivity contribution >= 4 is 5.97 Å². The smallest absolute Gasteiger partial charge is 0.317 e. The van der Waals surface area contributed by atoms with E-state index < -0.39 is 12.0 Å². The van der Waals surface area contributed by atoms with Gasteiger partial charge in [0.05, 0.1) is 19.7 Å². The third-order valence-corrected chi connectivity index (χ3v) is 2.38. The highest BCUT2D eigenvalue weighted by atomic mass is 16.5. The van der Waals surface area contributed by atoms with E-state index in [1.54, 1.807) is 31.3 Å². The van der Waals surface area contributed by atoms with Crippen LogP contribution in [0.2, 0.25) is 0 Å². The Morgan fingerprint density at radius 2 is 2.24 bits per heavy atom. The third-order valence-electron chi connectivity index (χ3n) is 2.38. The second-order valence-electron chi connectivity index (χ2n) is 3.58. The van der Waals surface area contributed by atoms with Crippen molar-refractivity contribution in [1.29, 1.82) is 5.26 Å². The number of carboxylic acid groups (broad SMARTS) is 1. The Morgan fingerprint density at radius 3 is 2.76 bits per heavy atom. The molecule has 0 saturated heterocycles. The van der Waals surface area contributed by atoms with Gasteiger partial charge in [-0.2, -0.15) is 5.26 Å². The van der Waals surface area contributed by atoms with Crippen LogP contribution in [-0.2, 0) is 4.79 Å². The summed E-state index contributed by atoms with van der Waals surface area (Å²) in [5.74, 6) is -0.390. The minimum Gasteiger partial charge on any atom is -0.496 e. The topological polar surface area (TPSA) is 73.6 Å². The number of carboxylic acids is 1. The number of aliphatic carboxylic acids is 1. The Bertz CT molecular complexity index is 440. The quantitative estimate of drug-likeness (QED) is 0.830. The van der Waals surface area contributed by atoms with E-state index in [0.29, 0.717) is 11.3 Å². The molecule has 5 heteroatoms. The van der Waals surface area contributed by atoms with Crippen LogP contribution >= 0.6 is 0 Å². The number of nitrogens with zero attached hydrogens (tertiary/aromatic N) is 2. The number of hydrogen-bond acceptors (Lipinski definition) is 4. The van der Waals surface area contributed by atoms with Gasteiger partial charge in [-0.15, -0.1) is 0 Å². The van der Waals surface area contributed by atoms with Crippen LogP contribution in [-0.4, -0.2) is 36.7 Å². The van der Waals surface area contributed by atoms with Crippen LogP contribution in [0.5, 0.6) is 5.75 Å². The molecule has 0 fully saturated rings. The molecule has 0 radical (unpaired) electrons. The molecule has 17 heavy (non-hydrogen) atoms. The van der Waals surface area contributed by atoms with E-state index in [4.69, 9.17) is 15.1 Å². The second kappa shape index (κ2) is 5.87. The van der Waals surface area contributed by atoms with Gasteiger partial charge in [-0.1, -0.05) is 18.2 Å². The first-order valence-corrected chi connectivity index (χ1v) is 5.04. The molecule has 1 aromatic rings. The van der Waals surface area contributed by atoms with Crippen molar-refractivity contribution in [2.45, 2.75) is 6.04 Å². The molecule has 1 unspecified atom stereocenters. The van der Waals surface area contributed by atoms with Gasteiger partial charge in [-0.05, 0) is 13.1 Å². The van der Waals surface area contributed by atoms with Gasteiger partial charge in [-0.3, -0.25) is 9.69 Å². The van der Waals surface area contributed by atoms with Crippen LogP contribution in [0, 0.1) is 11.3 Å². The van der Waals surface area contributed by atoms with Crippen molar-refractivity contribution in [3.05, 3.63) is 29.8 Å². The summed E-state index contributed by atoms with van der Waals surface area (Å²) in [5.41, 5.74) is 0.668. The van der Waals surface area contributed by atoms with Crippen LogP contribution in [0.1, 0.15) is 11.6 Å². The summed E-state index contributed by atoms with van der Waals surface area (Å²) in [6.07, 6.45) is 0. The average molecular weight is 234 g/mol. The number of methoxy groups -OCH3 is 1. The second-order valence-corrected chi connectivity index (χ2v) is 3.58. The molecule has 1 aromatic carbocycles. The summed E-state index contributed by atoms with van der Waals surface area (Å²) in [5, 5.41) is 17.9. The van der Waals surface area contributed by atoms with E-state index in [1.165, 1.54) is 12.0 Å². The summed E-state index contributed by atoms with van der Waals surface area (Å²) in [6, 6.07) is 8.53. The van der Waals surface area contributed by atoms with Crippen molar-refractivity contribution in [2.24, 2.45) is 0 Å². The first-order chi connectivity index (χ1) is 8.10. The molecule has 0 spiro atoms. The summed E-state index contributed by atoms with van der Waals surface area (Å²) in [4.78, 5) is 12.1. The molecule has 5 nitrogen and oxygen atoms in total. The van der Waals surface area contributed by atoms with Crippen LogP contribution in [0.15, 0.2) is 24.3 Å². The van der Waals surface area contributed by atoms with Crippen LogP contribution in [0.25, 0.3) is 0 Å².